The van der Waals surface area contributed by atoms with E-state index in [0.717, 1.165) is 0 Å². The number of aliphatic hydroxyl groups is 1. The largest absolute Gasteiger partial charge is 0.481 e. The lowest BCUT2D eigenvalue weighted by molar-refractivity contribution is -0.141. The first-order valence-electron chi connectivity index (χ1n) is 38.9. The van der Waals surface area contributed by atoms with E-state index in [9.17, 15) is 135 Å². The second-order valence-corrected chi connectivity index (χ2v) is 26.9. The van der Waals surface area contributed by atoms with E-state index >= 15 is 0 Å². The summed E-state index contributed by atoms with van der Waals surface area (Å²) in [6, 6.07) is -11.8. The van der Waals surface area contributed by atoms with Gasteiger partial charge in [0.2, 0.25) is 142 Å². The Bertz CT molecular complexity index is 4080. The molecule has 0 aliphatic carbocycles. The average Bonchev–Trinajstić information content (AvgIpc) is 0.859. The van der Waals surface area contributed by atoms with Crippen LogP contribution in [0.2, 0.25) is 0 Å². The van der Waals surface area contributed by atoms with Crippen LogP contribution in [0.4, 0.5) is 0 Å². The maximum absolute atomic E-state index is 13.8. The van der Waals surface area contributed by atoms with Crippen LogP contribution in [0, 0.1) is 16.2 Å². The number of carbonyl (C=O) groups excluding carboxylic acids is 24. The lowest BCUT2D eigenvalue weighted by atomic mass is 10.1. The maximum atomic E-state index is 13.8. The Labute approximate surface area is 736 Å². The zero-order valence-electron chi connectivity index (χ0n) is 69.9. The molecule has 130 heavy (non-hydrogen) atoms. The number of nitrogens with one attached hydrogen (secondary N) is 28. The third-order valence-electron chi connectivity index (χ3n) is 16.2. The molecule has 43 N–H and O–H groups in total. The fraction of sp³-hybridized carbons (Fsp3) is 0.567. The number of carbonyl (C=O) groups is 26. The van der Waals surface area contributed by atoms with Gasteiger partial charge in [-0.25, -0.2) is 0 Å². The molecule has 0 radical (unpaired) electrons. The number of amides is 24. The van der Waals surface area contributed by atoms with Crippen LogP contribution >= 0.6 is 0 Å². The van der Waals surface area contributed by atoms with E-state index in [1.807, 2.05) is 5.32 Å². The van der Waals surface area contributed by atoms with Gasteiger partial charge in [-0.3, -0.25) is 141 Å². The summed E-state index contributed by atoms with van der Waals surface area (Å²) in [5.41, 5.74) is 31.8. The highest BCUT2D eigenvalue weighted by Crippen LogP contribution is 2.07. The summed E-state index contributed by atoms with van der Waals surface area (Å²) in [4.78, 5) is 326. The van der Waals surface area contributed by atoms with Crippen molar-refractivity contribution >= 4 is 172 Å². The van der Waals surface area contributed by atoms with E-state index in [1.165, 1.54) is 0 Å². The number of carboxylic acid groups (broad SMARTS) is 2. The Kier molecular flexibility index (Phi) is 56.7. The van der Waals surface area contributed by atoms with E-state index in [1.54, 1.807) is 0 Å². The van der Waals surface area contributed by atoms with Gasteiger partial charge in [-0.05, 0) is 51.4 Å². The molecule has 7 atom stereocenters. The monoisotopic (exact) mass is 1860 g/mol. The molecular weight excluding hydrogens is 1740 g/mol. The number of hydrogen-bond acceptors (Lipinski definition) is 31. The minimum absolute atomic E-state index is 0.0202. The standard InChI is InChI=1S/C67H112N34O29/c68-15-41(105)95-35(7-9-39(69)103)62(128)100-36(8-10-40(70)104)63(129)101-37(14-56(120)121)64(130)99-34(6-3-13-79-67(75)76)60(126)92-25-52(116)88-27-53(117)96-33(5-2-12-78-66(73)74)59(125)94-29-55(119)97-32(4-1-11-77-65(71)72)58(124)91-24-51(115)89-28-54(118)98-38(31-102)61(127)93-26-50(114)87-22-48(112)85-20-46(110)83-18-44(108)81-16-42(106)80-17-43(107)82-19-45(109)84-21-47(111)86-23-49(113)90-30-57(122)123/h32-38,102H,1-31,68H2,(H2,69,103)(H2,70,104)(H,80,106)(H,81,108)(H,82,107)(H,83,110)(H,84,109)(H,85,112)(H,86,111)(H,87,114)(H,88,116)(H,89,115)(H,90,113)(H,91,124)(H,92,126)(H,93,127)(H,94,125)(H,95,105)(H,96,117)(H,97,119)(H,98,118)(H,99,130)(H,100,128)(H,101,129)(H,120,121)(H,122,123)(H4,71,72,77)(H4,73,74,78)(H4,75,76,79)/t32-,33-,34-,35-,36-,37-,38-/m0/s1. The molecule has 0 rings (SSSR count). The molecule has 0 spiro atoms. The van der Waals surface area contributed by atoms with Crippen molar-refractivity contribution in [1.82, 2.24) is 133 Å². The smallest absolute Gasteiger partial charge is 0.322 e. The number of hydrogen-bond donors (Lipinski definition) is 37. The van der Waals surface area contributed by atoms with Crippen LogP contribution in [0.5, 0.6) is 0 Å². The van der Waals surface area contributed by atoms with Crippen molar-refractivity contribution in [3.63, 3.8) is 0 Å². The van der Waals surface area contributed by atoms with Crippen LogP contribution in [0.3, 0.4) is 0 Å². The van der Waals surface area contributed by atoms with Crippen LogP contribution < -0.4 is 167 Å². The van der Waals surface area contributed by atoms with Gasteiger partial charge in [-0.2, -0.15) is 0 Å². The Balaban J connectivity index is 5.59. The molecular formula is C67H112N34O29. The molecule has 0 saturated carbocycles. The summed E-state index contributed by atoms with van der Waals surface area (Å²) in [5, 5.41) is 105. The molecule has 0 aliphatic heterocycles. The summed E-state index contributed by atoms with van der Waals surface area (Å²) in [6.45, 7) is -13.1. The number of carboxylic acids is 2. The molecule has 0 unspecified atom stereocenters. The highest BCUT2D eigenvalue weighted by atomic mass is 16.4. The number of aliphatic carboxylic acids is 2. The highest BCUT2D eigenvalue weighted by molar-refractivity contribution is 6.01. The average molecular weight is 1860 g/mol. The lowest BCUT2D eigenvalue weighted by Crippen LogP contribution is -2.59. The van der Waals surface area contributed by atoms with Gasteiger partial charge in [0.05, 0.1) is 111 Å². The Morgan fingerprint density at radius 1 is 0.231 bits per heavy atom. The van der Waals surface area contributed by atoms with Crippen molar-refractivity contribution < 1.29 is 140 Å². The van der Waals surface area contributed by atoms with Gasteiger partial charge < -0.3 is 183 Å². The first-order chi connectivity index (χ1) is 61.2. The topological polar surface area (TPSA) is 1030 Å². The number of primary amides is 2. The van der Waals surface area contributed by atoms with Crippen molar-refractivity contribution in [2.75, 3.05) is 131 Å². The predicted molar refractivity (Wildman–Crippen MR) is 439 cm³/mol. The van der Waals surface area contributed by atoms with Crippen molar-refractivity contribution in [2.45, 2.75) is 113 Å². The van der Waals surface area contributed by atoms with Crippen molar-refractivity contribution in [3.8, 4) is 0 Å². The lowest BCUT2D eigenvalue weighted by Gasteiger charge is -2.26. The minimum Gasteiger partial charge on any atom is -0.481 e. The quantitative estimate of drug-likeness (QED) is 0.0153. The Morgan fingerprint density at radius 2 is 0.438 bits per heavy atom. The number of guanidine groups is 3. The van der Waals surface area contributed by atoms with Gasteiger partial charge >= 0.3 is 11.9 Å². The molecule has 0 fully saturated rings. The fourth-order valence-electron chi connectivity index (χ4n) is 9.70. The molecule has 0 heterocycles. The minimum atomic E-state index is -2.05. The van der Waals surface area contributed by atoms with E-state index in [2.05, 4.69) is 128 Å². The second-order valence-electron chi connectivity index (χ2n) is 26.9. The number of nitrogens with two attached hydrogens (primary N) is 6. The van der Waals surface area contributed by atoms with Gasteiger partial charge in [-0.1, -0.05) is 0 Å². The third kappa shape index (κ3) is 58.1. The van der Waals surface area contributed by atoms with Gasteiger partial charge in [-0.15, -0.1) is 0 Å². The van der Waals surface area contributed by atoms with E-state index in [4.69, 9.17) is 55.7 Å². The highest BCUT2D eigenvalue weighted by Gasteiger charge is 2.34. The van der Waals surface area contributed by atoms with Crippen molar-refractivity contribution in [1.29, 1.82) is 16.2 Å². The van der Waals surface area contributed by atoms with E-state index in [0.29, 0.717) is 0 Å². The molecule has 0 aliphatic rings. The van der Waals surface area contributed by atoms with Gasteiger partial charge in [0.15, 0.2) is 17.9 Å². The SMILES string of the molecule is N=C(N)NCCC[C@H](NC(=O)CNC(=O)CNC(=O)[C@H](CCCNC(=N)N)NC(=O)[C@H](CC(=O)O)NC(=O)[C@H](CCC(N)=O)NC(=O)[C@H](CCC(N)=O)NC(=O)CN)C(=O)NCC(=O)N[C@@H](CCCNC(=N)N)C(=O)NCC(=O)NCC(=O)N[C@@H](CO)C(=O)NCC(=O)NCC(=O)NCC(=O)NCC(=O)NCC(=O)NCC(=O)NCC(=O)NCC(=O)NCC(=O)NCC(=O)O. The van der Waals surface area contributed by atoms with Crippen LogP contribution in [0.1, 0.15) is 70.6 Å². The first kappa shape index (κ1) is 114. The molecule has 724 valence electrons. The molecule has 0 bridgehead atoms. The van der Waals surface area contributed by atoms with Crippen LogP contribution in [0.15, 0.2) is 0 Å². The van der Waals surface area contributed by atoms with Crippen LogP contribution in [-0.4, -0.2) is 360 Å². The third-order valence-corrected chi connectivity index (χ3v) is 16.2. The number of rotatable bonds is 66. The zero-order valence-corrected chi connectivity index (χ0v) is 69.9. The summed E-state index contributed by atoms with van der Waals surface area (Å²) in [5.74, 6) is -28.4. The summed E-state index contributed by atoms with van der Waals surface area (Å²) in [6.07, 6.45) is -3.93. The number of aliphatic hydroxyl groups excluding tert-OH is 1. The summed E-state index contributed by atoms with van der Waals surface area (Å²) in [7, 11) is 0. The molecule has 0 aromatic heterocycles. The van der Waals surface area contributed by atoms with Gasteiger partial charge in [0, 0.05) is 32.5 Å². The predicted octanol–water partition coefficient (Wildman–Crippen LogP) is -23.0. The van der Waals surface area contributed by atoms with Crippen molar-refractivity contribution in [3.05, 3.63) is 0 Å². The fourth-order valence-corrected chi connectivity index (χ4v) is 9.70. The van der Waals surface area contributed by atoms with Gasteiger partial charge in [0.1, 0.15) is 48.8 Å². The van der Waals surface area contributed by atoms with Crippen molar-refractivity contribution in [2.24, 2.45) is 34.4 Å². The first-order valence-corrected chi connectivity index (χ1v) is 38.9. The summed E-state index contributed by atoms with van der Waals surface area (Å²) >= 11 is 0. The van der Waals surface area contributed by atoms with Gasteiger partial charge in [0.25, 0.3) is 0 Å². The molecule has 0 aromatic carbocycles. The zero-order chi connectivity index (χ0) is 98.4. The summed E-state index contributed by atoms with van der Waals surface area (Å²) < 4.78 is 0. The normalized spacial score (nSPS) is 11.9. The van der Waals surface area contributed by atoms with Crippen LogP contribution in [0.25, 0.3) is 0 Å². The van der Waals surface area contributed by atoms with Crippen LogP contribution in [-0.2, 0) is 125 Å². The molecule has 0 aromatic rings. The Morgan fingerprint density at radius 3 is 0.692 bits per heavy atom. The molecule has 24 amide bonds. The molecule has 0 saturated heterocycles. The van der Waals surface area contributed by atoms with E-state index < -0.39 is 357 Å². The second kappa shape index (κ2) is 64.7. The van der Waals surface area contributed by atoms with E-state index in [-0.39, 0.29) is 58.2 Å². The molecule has 63 heteroatoms. The molecule has 63 nitrogen and oxygen atoms in total. The maximum Gasteiger partial charge on any atom is 0.322 e. The Hall–Kier alpha value is -16.0.